The molecule has 12 nitrogen and oxygen atoms in total. The van der Waals surface area contributed by atoms with Crippen molar-refractivity contribution in [2.24, 2.45) is 0 Å². The van der Waals surface area contributed by atoms with Gasteiger partial charge in [0.15, 0.2) is 16.6 Å². The normalized spacial score (nSPS) is 15.4. The van der Waals surface area contributed by atoms with Crippen molar-refractivity contribution in [1.29, 1.82) is 0 Å². The fourth-order valence-corrected chi connectivity index (χ4v) is 10.3. The number of para-hydroxylation sites is 3. The lowest BCUT2D eigenvalue weighted by molar-refractivity contribution is 0.315. The Morgan fingerprint density at radius 1 is 0.439 bits per heavy atom. The molecule has 0 N–H and O–H groups in total. The Bertz CT molecular complexity index is 3940. The van der Waals surface area contributed by atoms with Crippen molar-refractivity contribution in [3.8, 4) is 27.9 Å². The summed E-state index contributed by atoms with van der Waals surface area (Å²) >= 11 is 0. The van der Waals surface area contributed by atoms with Gasteiger partial charge in [0.1, 0.15) is 16.6 Å². The number of fused-ring (bicyclic) bond motifs is 9. The number of hydrogen-bond donors (Lipinski definition) is 0. The van der Waals surface area contributed by atoms with Gasteiger partial charge in [-0.3, -0.25) is 0 Å². The zero-order chi connectivity index (χ0) is 43.3. The summed E-state index contributed by atoms with van der Waals surface area (Å²) in [7, 11) is 0. The molecule has 12 heteroatoms. The van der Waals surface area contributed by atoms with Gasteiger partial charge in [-0.15, -0.1) is 0 Å². The van der Waals surface area contributed by atoms with Gasteiger partial charge in [0.25, 0.3) is 0 Å². The lowest BCUT2D eigenvalue weighted by Crippen LogP contribution is -2.28. The molecule has 2 unspecified atom stereocenters. The molecular weight excluding hydrogens is 823 g/mol. The molecule has 5 heterocycles. The number of nitrogens with zero attached hydrogens (tertiary/aromatic N) is 9. The second kappa shape index (κ2) is 14.2. The zero-order valence-corrected chi connectivity index (χ0v) is 34.8. The molecule has 1 aliphatic carbocycles. The van der Waals surface area contributed by atoms with Crippen LogP contribution in [0.5, 0.6) is 0 Å². The summed E-state index contributed by atoms with van der Waals surface area (Å²) in [6.45, 7) is 0. The van der Waals surface area contributed by atoms with E-state index in [9.17, 15) is 0 Å². The average molecular weight is 856 g/mol. The lowest BCUT2D eigenvalue weighted by Gasteiger charge is -2.28. The van der Waals surface area contributed by atoms with Crippen molar-refractivity contribution in [1.82, 2.24) is 35.5 Å². The molecule has 12 aromatic rings. The predicted molar refractivity (Wildman–Crippen MR) is 256 cm³/mol. The molecule has 0 spiro atoms. The largest absolute Gasteiger partial charge is 0.333 e. The summed E-state index contributed by atoms with van der Waals surface area (Å²) in [6, 6.07) is 56.8. The summed E-state index contributed by atoms with van der Waals surface area (Å²) in [5.74, 6) is 0.181. The highest BCUT2D eigenvalue weighted by Crippen LogP contribution is 2.50. The summed E-state index contributed by atoms with van der Waals surface area (Å²) in [5.41, 5.74) is 16.1. The Morgan fingerprint density at radius 3 is 1.82 bits per heavy atom. The summed E-state index contributed by atoms with van der Waals surface area (Å²) in [5, 5.41) is 29.0. The first kappa shape index (κ1) is 36.3. The molecule has 8 aromatic carbocycles. The molecule has 4 aromatic heterocycles. The minimum Gasteiger partial charge on any atom is -0.333 e. The van der Waals surface area contributed by atoms with E-state index in [2.05, 4.69) is 192 Å². The maximum Gasteiger partial charge on any atom is 0.159 e. The number of aromatic nitrogens is 7. The topological polar surface area (TPSA) is 128 Å². The number of benzene rings is 8. The fourth-order valence-electron chi connectivity index (χ4n) is 10.3. The van der Waals surface area contributed by atoms with Crippen molar-refractivity contribution in [3.63, 3.8) is 0 Å². The van der Waals surface area contributed by atoms with Gasteiger partial charge >= 0.3 is 0 Å². The van der Waals surface area contributed by atoms with Crippen molar-refractivity contribution in [3.05, 3.63) is 194 Å². The van der Waals surface area contributed by atoms with E-state index in [1.165, 1.54) is 11.3 Å². The SMILES string of the molecule is C1=CC2c3cc(-c4ccc(N(c5cccc6nonc56)c5ccc(-c6ccc7c(c6)c6ccccc6n7-c6ccccc6)c6nonc56)c5nonc45)ccc3N(c3ccccc3)C2C=C1. The van der Waals surface area contributed by atoms with Crippen LogP contribution >= 0.6 is 0 Å². The van der Waals surface area contributed by atoms with Crippen LogP contribution in [-0.4, -0.2) is 41.5 Å². The standard InChI is InChI=1S/C54H33N9O3/c1-3-12-34(13-4-1)61-43-19-9-7-16-38(43)40-30-32(22-26-45(40)61)36-24-28-48(53-50(36)56-65-59-53)63(47-21-11-18-42-52(47)58-64-55-42)49-29-25-37(51-54(49)60-66-57-51)33-23-27-46-41(31-33)39-17-8-10-20-44(39)62(46)35-14-5-2-6-15-35/h1-31,38,43H. The Hall–Kier alpha value is -9.16. The van der Waals surface area contributed by atoms with E-state index < -0.39 is 0 Å². The van der Waals surface area contributed by atoms with Crippen LogP contribution in [0.3, 0.4) is 0 Å². The summed E-state index contributed by atoms with van der Waals surface area (Å²) < 4.78 is 18.8. The molecule has 0 saturated carbocycles. The Labute approximate surface area is 374 Å². The van der Waals surface area contributed by atoms with Gasteiger partial charge in [-0.25, -0.2) is 13.9 Å². The van der Waals surface area contributed by atoms with Crippen LogP contribution in [0.1, 0.15) is 11.5 Å². The van der Waals surface area contributed by atoms with Crippen molar-refractivity contribution in [2.75, 3.05) is 9.80 Å². The minimum atomic E-state index is 0.166. The third kappa shape index (κ3) is 5.32. The smallest absolute Gasteiger partial charge is 0.159 e. The highest BCUT2D eigenvalue weighted by atomic mass is 16.6. The molecule has 0 fully saturated rings. The maximum atomic E-state index is 5.61. The van der Waals surface area contributed by atoms with E-state index in [1.54, 1.807) is 0 Å². The van der Waals surface area contributed by atoms with Crippen LogP contribution in [0.2, 0.25) is 0 Å². The Kier molecular flexibility index (Phi) is 7.80. The zero-order valence-electron chi connectivity index (χ0n) is 34.8. The van der Waals surface area contributed by atoms with Gasteiger partial charge in [0.05, 0.1) is 34.1 Å². The first-order valence-electron chi connectivity index (χ1n) is 21.7. The number of allylic oxidation sites excluding steroid dienone is 2. The third-order valence-electron chi connectivity index (χ3n) is 13.2. The van der Waals surface area contributed by atoms with Gasteiger partial charge in [-0.2, -0.15) is 0 Å². The van der Waals surface area contributed by atoms with Gasteiger partial charge in [0.2, 0.25) is 0 Å². The molecule has 0 bridgehead atoms. The molecule has 0 amide bonds. The highest BCUT2D eigenvalue weighted by molar-refractivity contribution is 6.13. The van der Waals surface area contributed by atoms with Crippen LogP contribution < -0.4 is 9.80 Å². The Morgan fingerprint density at radius 2 is 1.05 bits per heavy atom. The van der Waals surface area contributed by atoms with Crippen molar-refractivity contribution >= 4 is 83.3 Å². The first-order chi connectivity index (χ1) is 32.8. The minimum absolute atomic E-state index is 0.166. The fraction of sp³-hybridized carbons (Fsp3) is 0.0370. The molecule has 0 radical (unpaired) electrons. The van der Waals surface area contributed by atoms with E-state index in [0.717, 1.165) is 55.4 Å². The quantitative estimate of drug-likeness (QED) is 0.152. The average Bonchev–Trinajstić information content (AvgIpc) is 4.24. The van der Waals surface area contributed by atoms with Crippen molar-refractivity contribution < 1.29 is 13.9 Å². The van der Waals surface area contributed by atoms with Crippen LogP contribution in [0.25, 0.3) is 82.8 Å². The van der Waals surface area contributed by atoms with Gasteiger partial charge in [-0.05, 0) is 139 Å². The highest BCUT2D eigenvalue weighted by Gasteiger charge is 2.38. The molecular formula is C54H33N9O3. The first-order valence-corrected chi connectivity index (χ1v) is 21.7. The van der Waals surface area contributed by atoms with E-state index in [4.69, 9.17) is 13.9 Å². The van der Waals surface area contributed by atoms with Crippen LogP contribution in [0.4, 0.5) is 28.4 Å². The van der Waals surface area contributed by atoms with Crippen LogP contribution in [0, 0.1) is 0 Å². The molecule has 2 atom stereocenters. The second-order valence-electron chi connectivity index (χ2n) is 16.6. The molecule has 1 aliphatic heterocycles. The van der Waals surface area contributed by atoms with Gasteiger partial charge in [-0.1, -0.05) is 97.1 Å². The maximum absolute atomic E-state index is 5.61. The predicted octanol–water partition coefficient (Wildman–Crippen LogP) is 12.9. The van der Waals surface area contributed by atoms with E-state index in [1.807, 2.05) is 41.3 Å². The van der Waals surface area contributed by atoms with Gasteiger partial charge in [0, 0.05) is 44.9 Å². The number of hydrogen-bond acceptors (Lipinski definition) is 11. The lowest BCUT2D eigenvalue weighted by atomic mass is 9.89. The van der Waals surface area contributed by atoms with Crippen LogP contribution in [0.15, 0.2) is 202 Å². The molecule has 2 aliphatic rings. The summed E-state index contributed by atoms with van der Waals surface area (Å²) in [6.07, 6.45) is 8.84. The van der Waals surface area contributed by atoms with Crippen LogP contribution in [-0.2, 0) is 0 Å². The molecule has 66 heavy (non-hydrogen) atoms. The van der Waals surface area contributed by atoms with Crippen molar-refractivity contribution in [2.45, 2.75) is 12.0 Å². The molecule has 312 valence electrons. The van der Waals surface area contributed by atoms with E-state index in [0.29, 0.717) is 50.2 Å². The number of anilines is 5. The second-order valence-corrected chi connectivity index (χ2v) is 16.6. The third-order valence-corrected chi connectivity index (χ3v) is 13.2. The van der Waals surface area contributed by atoms with Gasteiger partial charge < -0.3 is 14.4 Å². The van der Waals surface area contributed by atoms with E-state index in [-0.39, 0.29) is 12.0 Å². The Balaban J connectivity index is 0.919. The summed E-state index contributed by atoms with van der Waals surface area (Å²) in [4.78, 5) is 4.45. The van der Waals surface area contributed by atoms with E-state index >= 15 is 0 Å². The molecule has 0 saturated heterocycles. The monoisotopic (exact) mass is 855 g/mol. The number of rotatable bonds is 7. The molecule has 14 rings (SSSR count).